The van der Waals surface area contributed by atoms with Gasteiger partial charge in [0.15, 0.2) is 5.82 Å². The zero-order valence-corrected chi connectivity index (χ0v) is 17.7. The third-order valence-electron chi connectivity index (χ3n) is 6.16. The Hall–Kier alpha value is -2.83. The number of amides is 1. The van der Waals surface area contributed by atoms with Crippen LogP contribution in [0, 0.1) is 5.92 Å². The molecular weight excluding hydrogens is 378 g/mol. The maximum Gasteiger partial charge on any atom is 0.223 e. The van der Waals surface area contributed by atoms with Crippen LogP contribution in [-0.4, -0.2) is 49.2 Å². The van der Waals surface area contributed by atoms with Crippen molar-refractivity contribution in [1.82, 2.24) is 15.3 Å². The minimum atomic E-state index is 0.0579. The fourth-order valence-electron chi connectivity index (χ4n) is 4.35. The molecule has 0 atom stereocenters. The van der Waals surface area contributed by atoms with Gasteiger partial charge in [-0.2, -0.15) is 0 Å². The number of aromatic nitrogens is 2. The Morgan fingerprint density at radius 2 is 1.80 bits per heavy atom. The van der Waals surface area contributed by atoms with Crippen LogP contribution in [0.4, 0.5) is 11.5 Å². The standard InChI is InChI=1S/C23H31N5O2/c1-30-20-7-5-18(6-8-20)15-25-23(29)19-9-13-27(14-10-19)21-16-24-17-26-22(21)28-11-3-2-4-12-28/h5-8,16-17,19H,2-4,9-15H2,1H3,(H,25,29). The molecule has 1 aromatic carbocycles. The predicted molar refractivity (Wildman–Crippen MR) is 118 cm³/mol. The number of carbonyl (C=O) groups is 1. The van der Waals surface area contributed by atoms with Gasteiger partial charge in [0.25, 0.3) is 0 Å². The number of methoxy groups -OCH3 is 1. The summed E-state index contributed by atoms with van der Waals surface area (Å²) < 4.78 is 5.18. The molecule has 1 N–H and O–H groups in total. The summed E-state index contributed by atoms with van der Waals surface area (Å²) in [5.74, 6) is 2.08. The van der Waals surface area contributed by atoms with E-state index in [1.165, 1.54) is 19.3 Å². The first-order chi connectivity index (χ1) is 14.7. The van der Waals surface area contributed by atoms with Crippen LogP contribution in [0.3, 0.4) is 0 Å². The lowest BCUT2D eigenvalue weighted by Crippen LogP contribution is -2.41. The van der Waals surface area contributed by atoms with E-state index in [0.29, 0.717) is 6.54 Å². The van der Waals surface area contributed by atoms with Crippen molar-refractivity contribution in [2.75, 3.05) is 43.1 Å². The lowest BCUT2D eigenvalue weighted by atomic mass is 9.95. The second-order valence-corrected chi connectivity index (χ2v) is 8.11. The topological polar surface area (TPSA) is 70.6 Å². The number of carbonyl (C=O) groups excluding carboxylic acids is 1. The third-order valence-corrected chi connectivity index (χ3v) is 6.16. The summed E-state index contributed by atoms with van der Waals surface area (Å²) in [5.41, 5.74) is 2.19. The second-order valence-electron chi connectivity index (χ2n) is 8.11. The van der Waals surface area contributed by atoms with Crippen molar-refractivity contribution < 1.29 is 9.53 Å². The molecule has 0 spiro atoms. The van der Waals surface area contributed by atoms with E-state index in [9.17, 15) is 4.79 Å². The highest BCUT2D eigenvalue weighted by molar-refractivity contribution is 5.79. The van der Waals surface area contributed by atoms with Crippen LogP contribution < -0.4 is 19.9 Å². The highest BCUT2D eigenvalue weighted by atomic mass is 16.5. The van der Waals surface area contributed by atoms with Crippen LogP contribution in [0.15, 0.2) is 36.8 Å². The normalized spacial score (nSPS) is 17.6. The molecule has 7 heteroatoms. The zero-order valence-electron chi connectivity index (χ0n) is 17.7. The summed E-state index contributed by atoms with van der Waals surface area (Å²) in [7, 11) is 1.65. The molecule has 2 aromatic rings. The van der Waals surface area contributed by atoms with Gasteiger partial charge in [0, 0.05) is 38.6 Å². The molecular formula is C23H31N5O2. The van der Waals surface area contributed by atoms with E-state index in [1.54, 1.807) is 13.4 Å². The lowest BCUT2D eigenvalue weighted by molar-refractivity contribution is -0.125. The summed E-state index contributed by atoms with van der Waals surface area (Å²) in [6.07, 6.45) is 9.02. The molecule has 0 aliphatic carbocycles. The smallest absolute Gasteiger partial charge is 0.223 e. The van der Waals surface area contributed by atoms with Gasteiger partial charge in [0.05, 0.1) is 19.0 Å². The highest BCUT2D eigenvalue weighted by Gasteiger charge is 2.27. The molecule has 3 heterocycles. The molecule has 0 unspecified atom stereocenters. The first kappa shape index (κ1) is 20.4. The van der Waals surface area contributed by atoms with Crippen LogP contribution in [-0.2, 0) is 11.3 Å². The summed E-state index contributed by atoms with van der Waals surface area (Å²) in [6, 6.07) is 7.81. The number of piperidine rings is 2. The molecule has 0 radical (unpaired) electrons. The Morgan fingerprint density at radius 3 is 2.50 bits per heavy atom. The Bertz CT molecular complexity index is 828. The molecule has 1 amide bonds. The van der Waals surface area contributed by atoms with Gasteiger partial charge in [-0.1, -0.05) is 12.1 Å². The number of nitrogens with zero attached hydrogens (tertiary/aromatic N) is 4. The number of hydrogen-bond acceptors (Lipinski definition) is 6. The second kappa shape index (κ2) is 9.78. The van der Waals surface area contributed by atoms with Crippen LogP contribution in [0.2, 0.25) is 0 Å². The van der Waals surface area contributed by atoms with Crippen molar-refractivity contribution in [3.05, 3.63) is 42.4 Å². The first-order valence-corrected chi connectivity index (χ1v) is 10.9. The number of benzene rings is 1. The fourth-order valence-corrected chi connectivity index (χ4v) is 4.35. The largest absolute Gasteiger partial charge is 0.497 e. The maximum absolute atomic E-state index is 12.7. The molecule has 0 saturated carbocycles. The van der Waals surface area contributed by atoms with Crippen molar-refractivity contribution in [1.29, 1.82) is 0 Å². The number of ether oxygens (including phenoxy) is 1. The summed E-state index contributed by atoms with van der Waals surface area (Å²) in [6.45, 7) is 4.39. The minimum absolute atomic E-state index is 0.0579. The number of hydrogen-bond donors (Lipinski definition) is 1. The van der Waals surface area contributed by atoms with E-state index in [2.05, 4.69) is 25.1 Å². The molecule has 2 aliphatic heterocycles. The fraction of sp³-hybridized carbons (Fsp3) is 0.522. The first-order valence-electron chi connectivity index (χ1n) is 10.9. The molecule has 160 valence electrons. The van der Waals surface area contributed by atoms with Crippen molar-refractivity contribution in [3.8, 4) is 5.75 Å². The molecule has 1 aromatic heterocycles. The van der Waals surface area contributed by atoms with Crippen LogP contribution in [0.5, 0.6) is 5.75 Å². The van der Waals surface area contributed by atoms with Crippen molar-refractivity contribution >= 4 is 17.4 Å². The number of anilines is 2. The quantitative estimate of drug-likeness (QED) is 0.791. The summed E-state index contributed by atoms with van der Waals surface area (Å²) >= 11 is 0. The summed E-state index contributed by atoms with van der Waals surface area (Å²) in [4.78, 5) is 26.3. The van der Waals surface area contributed by atoms with Crippen molar-refractivity contribution in [2.24, 2.45) is 5.92 Å². The van der Waals surface area contributed by atoms with E-state index in [0.717, 1.165) is 61.8 Å². The van der Waals surface area contributed by atoms with E-state index in [1.807, 2.05) is 30.5 Å². The average Bonchev–Trinajstić information content (AvgIpc) is 2.83. The Morgan fingerprint density at radius 1 is 1.07 bits per heavy atom. The van der Waals surface area contributed by atoms with E-state index >= 15 is 0 Å². The number of rotatable bonds is 6. The average molecular weight is 410 g/mol. The van der Waals surface area contributed by atoms with Crippen molar-refractivity contribution in [3.63, 3.8) is 0 Å². The minimum Gasteiger partial charge on any atom is -0.497 e. The number of nitrogens with one attached hydrogen (secondary N) is 1. The molecule has 30 heavy (non-hydrogen) atoms. The SMILES string of the molecule is COc1ccc(CNC(=O)C2CCN(c3cncnc3N3CCCCC3)CC2)cc1. The predicted octanol–water partition coefficient (Wildman–Crippen LogP) is 3.01. The van der Waals surface area contributed by atoms with Gasteiger partial charge in [-0.15, -0.1) is 0 Å². The van der Waals surface area contributed by atoms with Gasteiger partial charge in [-0.05, 0) is 49.8 Å². The zero-order chi connectivity index (χ0) is 20.8. The van der Waals surface area contributed by atoms with Gasteiger partial charge in [-0.25, -0.2) is 9.97 Å². The Labute approximate surface area is 178 Å². The van der Waals surface area contributed by atoms with Gasteiger partial charge in [-0.3, -0.25) is 4.79 Å². The van der Waals surface area contributed by atoms with Gasteiger partial charge in [0.1, 0.15) is 12.1 Å². The van der Waals surface area contributed by atoms with Crippen molar-refractivity contribution in [2.45, 2.75) is 38.6 Å². The molecule has 2 fully saturated rings. The third kappa shape index (κ3) is 4.83. The van der Waals surface area contributed by atoms with Gasteiger partial charge < -0.3 is 19.9 Å². The molecule has 7 nitrogen and oxygen atoms in total. The molecule has 2 saturated heterocycles. The van der Waals surface area contributed by atoms with Gasteiger partial charge in [0.2, 0.25) is 5.91 Å². The van der Waals surface area contributed by atoms with E-state index in [4.69, 9.17) is 4.74 Å². The monoisotopic (exact) mass is 409 g/mol. The Kier molecular flexibility index (Phi) is 6.67. The van der Waals surface area contributed by atoms with Crippen LogP contribution in [0.1, 0.15) is 37.7 Å². The van der Waals surface area contributed by atoms with Crippen LogP contribution >= 0.6 is 0 Å². The maximum atomic E-state index is 12.7. The molecule has 4 rings (SSSR count). The van der Waals surface area contributed by atoms with Crippen LogP contribution in [0.25, 0.3) is 0 Å². The Balaban J connectivity index is 1.31. The van der Waals surface area contributed by atoms with Gasteiger partial charge >= 0.3 is 0 Å². The van der Waals surface area contributed by atoms with E-state index < -0.39 is 0 Å². The molecule has 2 aliphatic rings. The molecule has 0 bridgehead atoms. The summed E-state index contributed by atoms with van der Waals surface area (Å²) in [5, 5.41) is 3.09. The van der Waals surface area contributed by atoms with E-state index in [-0.39, 0.29) is 11.8 Å². The lowest BCUT2D eigenvalue weighted by Gasteiger charge is -2.36. The highest BCUT2D eigenvalue weighted by Crippen LogP contribution is 2.31.